The Labute approximate surface area is 112 Å². The highest BCUT2D eigenvalue weighted by Crippen LogP contribution is 2.16. The van der Waals surface area contributed by atoms with Crippen LogP contribution in [0, 0.1) is 0 Å². The molecule has 0 amide bonds. The number of hydrogen-bond donors (Lipinski definition) is 1. The van der Waals surface area contributed by atoms with Crippen LogP contribution in [0.25, 0.3) is 0 Å². The molecule has 0 aliphatic heterocycles. The third-order valence-electron chi connectivity index (χ3n) is 2.81. The van der Waals surface area contributed by atoms with Crippen molar-refractivity contribution in [2.75, 3.05) is 6.61 Å². The standard InChI is InChI=1S/C14H17N3O2/c1-3-19-14(18)13-15-12(16-17-13)10(2)9-11-7-5-4-6-8-11/h4-8,10H,3,9H2,1-2H3,(H,15,16,17)/t10-/m0/s1. The van der Waals surface area contributed by atoms with Gasteiger partial charge >= 0.3 is 5.97 Å². The monoisotopic (exact) mass is 259 g/mol. The molecule has 1 atom stereocenters. The van der Waals surface area contributed by atoms with Crippen molar-refractivity contribution in [2.24, 2.45) is 0 Å². The lowest BCUT2D eigenvalue weighted by Gasteiger charge is -2.07. The van der Waals surface area contributed by atoms with E-state index in [9.17, 15) is 4.79 Å². The maximum atomic E-state index is 11.5. The van der Waals surface area contributed by atoms with Crippen LogP contribution in [0.15, 0.2) is 30.3 Å². The van der Waals surface area contributed by atoms with E-state index in [4.69, 9.17) is 4.74 Å². The lowest BCUT2D eigenvalue weighted by Crippen LogP contribution is -2.07. The summed E-state index contributed by atoms with van der Waals surface area (Å²) >= 11 is 0. The highest BCUT2D eigenvalue weighted by molar-refractivity contribution is 5.84. The van der Waals surface area contributed by atoms with E-state index in [2.05, 4.69) is 27.3 Å². The van der Waals surface area contributed by atoms with Crippen LogP contribution >= 0.6 is 0 Å². The summed E-state index contributed by atoms with van der Waals surface area (Å²) in [7, 11) is 0. The summed E-state index contributed by atoms with van der Waals surface area (Å²) in [4.78, 5) is 15.7. The van der Waals surface area contributed by atoms with Gasteiger partial charge in [-0.05, 0) is 18.9 Å². The molecule has 2 rings (SSSR count). The number of aromatic nitrogens is 3. The first-order valence-electron chi connectivity index (χ1n) is 6.34. The first-order valence-corrected chi connectivity index (χ1v) is 6.34. The normalized spacial score (nSPS) is 12.1. The zero-order valence-electron chi connectivity index (χ0n) is 11.1. The molecule has 1 aromatic heterocycles. The van der Waals surface area contributed by atoms with Gasteiger partial charge in [0.05, 0.1) is 6.61 Å². The Bertz CT molecular complexity index is 537. The predicted molar refractivity (Wildman–Crippen MR) is 70.9 cm³/mol. The van der Waals surface area contributed by atoms with Crippen molar-refractivity contribution in [3.63, 3.8) is 0 Å². The highest BCUT2D eigenvalue weighted by Gasteiger charge is 2.17. The topological polar surface area (TPSA) is 67.9 Å². The SMILES string of the molecule is CCOC(=O)c1n[nH]c([C@@H](C)Cc2ccccc2)n1. The van der Waals surface area contributed by atoms with E-state index in [0.29, 0.717) is 12.4 Å². The fraction of sp³-hybridized carbons (Fsp3) is 0.357. The van der Waals surface area contributed by atoms with E-state index in [-0.39, 0.29) is 11.7 Å². The molecule has 1 heterocycles. The van der Waals surface area contributed by atoms with Crippen molar-refractivity contribution in [1.29, 1.82) is 0 Å². The number of rotatable bonds is 5. The van der Waals surface area contributed by atoms with Gasteiger partial charge < -0.3 is 4.74 Å². The second-order valence-corrected chi connectivity index (χ2v) is 4.36. The largest absolute Gasteiger partial charge is 0.460 e. The average Bonchev–Trinajstić information content (AvgIpc) is 2.90. The van der Waals surface area contributed by atoms with Gasteiger partial charge in [-0.25, -0.2) is 9.78 Å². The van der Waals surface area contributed by atoms with Crippen LogP contribution in [-0.2, 0) is 11.2 Å². The molecule has 0 saturated heterocycles. The van der Waals surface area contributed by atoms with Gasteiger partial charge in [0.2, 0.25) is 0 Å². The van der Waals surface area contributed by atoms with Crippen molar-refractivity contribution in [2.45, 2.75) is 26.2 Å². The van der Waals surface area contributed by atoms with Crippen molar-refractivity contribution in [3.8, 4) is 0 Å². The molecule has 1 aromatic carbocycles. The molecule has 0 bridgehead atoms. The first-order chi connectivity index (χ1) is 9.20. The van der Waals surface area contributed by atoms with E-state index in [0.717, 1.165) is 6.42 Å². The lowest BCUT2D eigenvalue weighted by atomic mass is 10.0. The number of esters is 1. The summed E-state index contributed by atoms with van der Waals surface area (Å²) in [5.74, 6) is 0.471. The number of carbonyl (C=O) groups is 1. The highest BCUT2D eigenvalue weighted by atomic mass is 16.5. The van der Waals surface area contributed by atoms with Gasteiger partial charge in [-0.3, -0.25) is 5.10 Å². The predicted octanol–water partition coefficient (Wildman–Crippen LogP) is 2.33. The molecular formula is C14H17N3O2. The van der Waals surface area contributed by atoms with Crippen LogP contribution in [0.2, 0.25) is 0 Å². The molecule has 5 heteroatoms. The third kappa shape index (κ3) is 3.40. The fourth-order valence-electron chi connectivity index (χ4n) is 1.85. The van der Waals surface area contributed by atoms with Gasteiger partial charge in [0.25, 0.3) is 5.82 Å². The van der Waals surface area contributed by atoms with Gasteiger partial charge in [-0.2, -0.15) is 0 Å². The van der Waals surface area contributed by atoms with E-state index in [1.165, 1.54) is 5.56 Å². The van der Waals surface area contributed by atoms with Crippen LogP contribution in [0.3, 0.4) is 0 Å². The van der Waals surface area contributed by atoms with Crippen molar-refractivity contribution in [3.05, 3.63) is 47.5 Å². The quantitative estimate of drug-likeness (QED) is 0.837. The maximum Gasteiger partial charge on any atom is 0.378 e. The van der Waals surface area contributed by atoms with Crippen LogP contribution in [0.5, 0.6) is 0 Å². The number of hydrogen-bond acceptors (Lipinski definition) is 4. The smallest absolute Gasteiger partial charge is 0.378 e. The van der Waals surface area contributed by atoms with E-state index < -0.39 is 5.97 Å². The molecule has 19 heavy (non-hydrogen) atoms. The molecule has 0 fully saturated rings. The molecule has 0 unspecified atom stereocenters. The number of H-pyrrole nitrogens is 1. The van der Waals surface area contributed by atoms with Gasteiger partial charge in [0, 0.05) is 5.92 Å². The van der Waals surface area contributed by atoms with Crippen LogP contribution in [-0.4, -0.2) is 27.8 Å². The first kappa shape index (κ1) is 13.3. The van der Waals surface area contributed by atoms with Gasteiger partial charge in [-0.1, -0.05) is 37.3 Å². The Balaban J connectivity index is 2.04. The van der Waals surface area contributed by atoms with Crippen LogP contribution in [0.1, 0.15) is 41.8 Å². The van der Waals surface area contributed by atoms with Crippen LogP contribution in [0.4, 0.5) is 0 Å². The average molecular weight is 259 g/mol. The molecule has 0 aliphatic rings. The molecule has 0 saturated carbocycles. The maximum absolute atomic E-state index is 11.5. The summed E-state index contributed by atoms with van der Waals surface area (Å²) in [6.07, 6.45) is 0.846. The minimum atomic E-state index is -0.489. The number of nitrogens with one attached hydrogen (secondary N) is 1. The number of benzene rings is 1. The summed E-state index contributed by atoms with van der Waals surface area (Å²) < 4.78 is 4.86. The number of nitrogens with zero attached hydrogens (tertiary/aromatic N) is 2. The summed E-state index contributed by atoms with van der Waals surface area (Å²) in [5.41, 5.74) is 1.23. The minimum Gasteiger partial charge on any atom is -0.460 e. The molecule has 1 N–H and O–H groups in total. The zero-order valence-corrected chi connectivity index (χ0v) is 11.1. The van der Waals surface area contributed by atoms with E-state index in [1.54, 1.807) is 6.92 Å². The van der Waals surface area contributed by atoms with Crippen LogP contribution < -0.4 is 0 Å². The Hall–Kier alpha value is -2.17. The summed E-state index contributed by atoms with van der Waals surface area (Å²) in [6, 6.07) is 10.1. The van der Waals surface area contributed by atoms with Gasteiger partial charge in [0.1, 0.15) is 5.82 Å². The second-order valence-electron chi connectivity index (χ2n) is 4.36. The molecule has 0 aliphatic carbocycles. The molecular weight excluding hydrogens is 242 g/mol. The third-order valence-corrected chi connectivity index (χ3v) is 2.81. The van der Waals surface area contributed by atoms with E-state index in [1.807, 2.05) is 25.1 Å². The van der Waals surface area contributed by atoms with Gasteiger partial charge in [0.15, 0.2) is 0 Å². The molecule has 2 aromatic rings. The Kier molecular flexibility index (Phi) is 4.28. The minimum absolute atomic E-state index is 0.0942. The Morgan fingerprint density at radius 3 is 2.79 bits per heavy atom. The summed E-state index contributed by atoms with van der Waals surface area (Å²) in [6.45, 7) is 4.12. The Morgan fingerprint density at radius 2 is 2.11 bits per heavy atom. The lowest BCUT2D eigenvalue weighted by molar-refractivity contribution is 0.0512. The zero-order chi connectivity index (χ0) is 13.7. The molecule has 0 radical (unpaired) electrons. The Morgan fingerprint density at radius 1 is 1.37 bits per heavy atom. The number of carbonyl (C=O) groups excluding carboxylic acids is 1. The van der Waals surface area contributed by atoms with Crippen molar-refractivity contribution < 1.29 is 9.53 Å². The number of ether oxygens (including phenoxy) is 1. The molecule has 100 valence electrons. The number of aromatic amines is 1. The molecule has 5 nitrogen and oxygen atoms in total. The van der Waals surface area contributed by atoms with Crippen molar-refractivity contribution >= 4 is 5.97 Å². The van der Waals surface area contributed by atoms with Crippen molar-refractivity contribution in [1.82, 2.24) is 15.2 Å². The second kappa shape index (κ2) is 6.13. The van der Waals surface area contributed by atoms with Gasteiger partial charge in [-0.15, -0.1) is 5.10 Å². The van der Waals surface area contributed by atoms with E-state index >= 15 is 0 Å². The molecule has 0 spiro atoms. The fourth-order valence-corrected chi connectivity index (χ4v) is 1.85. The summed E-state index contributed by atoms with van der Waals surface area (Å²) in [5, 5.41) is 6.69.